The zero-order valence-corrected chi connectivity index (χ0v) is 18.0. The van der Waals surface area contributed by atoms with E-state index in [1.807, 2.05) is 0 Å². The molecule has 4 heteroatoms. The van der Waals surface area contributed by atoms with E-state index in [4.69, 9.17) is 0 Å². The first-order chi connectivity index (χ1) is 13.2. The van der Waals surface area contributed by atoms with Gasteiger partial charge < -0.3 is 9.47 Å². The molecule has 0 aliphatic heterocycles. The number of allylic oxidation sites excluding steroid dienone is 2. The van der Waals surface area contributed by atoms with E-state index in [1.165, 1.54) is 84.8 Å². The van der Waals surface area contributed by atoms with Crippen LogP contribution in [-0.2, 0) is 19.1 Å². The molecule has 0 rings (SSSR count). The average molecular weight is 383 g/mol. The van der Waals surface area contributed by atoms with Crippen LogP contribution < -0.4 is 0 Å². The van der Waals surface area contributed by atoms with Crippen LogP contribution in [0.4, 0.5) is 0 Å². The highest BCUT2D eigenvalue weighted by molar-refractivity contribution is 5.94. The van der Waals surface area contributed by atoms with Crippen molar-refractivity contribution in [2.24, 2.45) is 5.92 Å². The first kappa shape index (κ1) is 25.7. The fourth-order valence-electron chi connectivity index (χ4n) is 3.21. The van der Waals surface area contributed by atoms with E-state index in [-0.39, 0.29) is 0 Å². The standard InChI is InChI=1S/C23H42O4/c1-4-5-6-7-8-9-10-11-12-13-14-15-16-17-18-19-20-21(22(24)26-2)23(25)27-3/h11-12,21H,4-10,13-20H2,1-3H3. The highest BCUT2D eigenvalue weighted by Gasteiger charge is 2.27. The van der Waals surface area contributed by atoms with Crippen molar-refractivity contribution in [1.82, 2.24) is 0 Å². The van der Waals surface area contributed by atoms with Gasteiger partial charge in [0.1, 0.15) is 0 Å². The largest absolute Gasteiger partial charge is 0.468 e. The van der Waals surface area contributed by atoms with Crippen molar-refractivity contribution in [3.63, 3.8) is 0 Å². The molecule has 0 atom stereocenters. The van der Waals surface area contributed by atoms with E-state index in [1.54, 1.807) is 0 Å². The lowest BCUT2D eigenvalue weighted by molar-refractivity contribution is -0.159. The summed E-state index contributed by atoms with van der Waals surface area (Å²) in [6, 6.07) is 0. The molecule has 0 aromatic rings. The summed E-state index contributed by atoms with van der Waals surface area (Å²) in [6.45, 7) is 2.26. The summed E-state index contributed by atoms with van der Waals surface area (Å²) < 4.78 is 9.34. The van der Waals surface area contributed by atoms with Crippen LogP contribution in [0.3, 0.4) is 0 Å². The van der Waals surface area contributed by atoms with Crippen LogP contribution in [0.1, 0.15) is 103 Å². The van der Waals surface area contributed by atoms with Crippen LogP contribution >= 0.6 is 0 Å². The van der Waals surface area contributed by atoms with Crippen molar-refractivity contribution in [2.75, 3.05) is 14.2 Å². The summed E-state index contributed by atoms with van der Waals surface area (Å²) in [6.07, 6.45) is 22.6. The molecule has 0 unspecified atom stereocenters. The Morgan fingerprint density at radius 1 is 0.667 bits per heavy atom. The molecule has 4 nitrogen and oxygen atoms in total. The van der Waals surface area contributed by atoms with E-state index >= 15 is 0 Å². The Morgan fingerprint density at radius 3 is 1.52 bits per heavy atom. The minimum absolute atomic E-state index is 0.491. The summed E-state index contributed by atoms with van der Waals surface area (Å²) in [5.74, 6) is -1.75. The molecule has 0 radical (unpaired) electrons. The molecule has 0 N–H and O–H groups in total. The Morgan fingerprint density at radius 2 is 1.07 bits per heavy atom. The van der Waals surface area contributed by atoms with E-state index in [2.05, 4.69) is 28.5 Å². The number of hydrogen-bond acceptors (Lipinski definition) is 4. The number of rotatable bonds is 18. The molecule has 0 heterocycles. The maximum atomic E-state index is 11.6. The van der Waals surface area contributed by atoms with Crippen molar-refractivity contribution < 1.29 is 19.1 Å². The first-order valence-corrected chi connectivity index (χ1v) is 11.0. The molecule has 0 aliphatic carbocycles. The highest BCUT2D eigenvalue weighted by atomic mass is 16.5. The van der Waals surface area contributed by atoms with Crippen molar-refractivity contribution in [3.8, 4) is 0 Å². The van der Waals surface area contributed by atoms with Gasteiger partial charge in [-0.2, -0.15) is 0 Å². The summed E-state index contributed by atoms with van der Waals surface area (Å²) >= 11 is 0. The molecular weight excluding hydrogens is 340 g/mol. The highest BCUT2D eigenvalue weighted by Crippen LogP contribution is 2.15. The van der Waals surface area contributed by atoms with Gasteiger partial charge in [0, 0.05) is 0 Å². The van der Waals surface area contributed by atoms with Gasteiger partial charge in [0.2, 0.25) is 0 Å². The van der Waals surface area contributed by atoms with Crippen molar-refractivity contribution in [1.29, 1.82) is 0 Å². The topological polar surface area (TPSA) is 52.6 Å². The van der Waals surface area contributed by atoms with Gasteiger partial charge in [-0.05, 0) is 32.1 Å². The van der Waals surface area contributed by atoms with Crippen LogP contribution in [0.2, 0.25) is 0 Å². The molecule has 0 saturated heterocycles. The maximum Gasteiger partial charge on any atom is 0.320 e. The second-order valence-electron chi connectivity index (χ2n) is 7.33. The van der Waals surface area contributed by atoms with Gasteiger partial charge in [0.25, 0.3) is 0 Å². The molecule has 0 aliphatic rings. The number of ether oxygens (including phenoxy) is 2. The quantitative estimate of drug-likeness (QED) is 0.119. The molecule has 0 amide bonds. The van der Waals surface area contributed by atoms with Gasteiger partial charge in [0.15, 0.2) is 5.92 Å². The molecule has 0 aromatic heterocycles. The number of esters is 2. The Kier molecular flexibility index (Phi) is 18.5. The SMILES string of the molecule is CCCCCCCCC=CCCCCCCCCC(C(=O)OC)C(=O)OC. The third-order valence-corrected chi connectivity index (χ3v) is 4.98. The monoisotopic (exact) mass is 382 g/mol. The Hall–Kier alpha value is -1.32. The van der Waals surface area contributed by atoms with Crippen LogP contribution in [0.5, 0.6) is 0 Å². The van der Waals surface area contributed by atoms with Gasteiger partial charge in [-0.3, -0.25) is 9.59 Å². The first-order valence-electron chi connectivity index (χ1n) is 11.0. The summed E-state index contributed by atoms with van der Waals surface area (Å²) in [4.78, 5) is 23.1. The van der Waals surface area contributed by atoms with E-state index in [9.17, 15) is 9.59 Å². The third kappa shape index (κ3) is 15.4. The molecule has 0 fully saturated rings. The fraction of sp³-hybridized carbons (Fsp3) is 0.826. The van der Waals surface area contributed by atoms with E-state index in [0.717, 1.165) is 19.3 Å². The summed E-state index contributed by atoms with van der Waals surface area (Å²) in [7, 11) is 2.61. The van der Waals surface area contributed by atoms with Crippen molar-refractivity contribution in [3.05, 3.63) is 12.2 Å². The maximum absolute atomic E-state index is 11.6. The second-order valence-corrected chi connectivity index (χ2v) is 7.33. The molecule has 27 heavy (non-hydrogen) atoms. The van der Waals surface area contributed by atoms with E-state index < -0.39 is 17.9 Å². The van der Waals surface area contributed by atoms with Gasteiger partial charge in [-0.15, -0.1) is 0 Å². The number of carbonyl (C=O) groups is 2. The van der Waals surface area contributed by atoms with Gasteiger partial charge >= 0.3 is 11.9 Å². The zero-order chi connectivity index (χ0) is 20.2. The van der Waals surface area contributed by atoms with Crippen LogP contribution in [0.25, 0.3) is 0 Å². The average Bonchev–Trinajstić information content (AvgIpc) is 2.69. The molecule has 0 aromatic carbocycles. The molecule has 158 valence electrons. The lowest BCUT2D eigenvalue weighted by Crippen LogP contribution is -2.26. The minimum atomic E-state index is -0.767. The van der Waals surface area contributed by atoms with Gasteiger partial charge in [0.05, 0.1) is 14.2 Å². The van der Waals surface area contributed by atoms with Gasteiger partial charge in [-0.25, -0.2) is 0 Å². The number of methoxy groups -OCH3 is 2. The van der Waals surface area contributed by atoms with Crippen LogP contribution in [0, 0.1) is 5.92 Å². The Labute approximate surface area is 167 Å². The zero-order valence-electron chi connectivity index (χ0n) is 18.0. The number of carbonyl (C=O) groups excluding carboxylic acids is 2. The fourth-order valence-corrected chi connectivity index (χ4v) is 3.21. The normalized spacial score (nSPS) is 11.3. The summed E-state index contributed by atoms with van der Waals surface area (Å²) in [5.41, 5.74) is 0. The van der Waals surface area contributed by atoms with Crippen LogP contribution in [0.15, 0.2) is 12.2 Å². The number of hydrogen-bond donors (Lipinski definition) is 0. The smallest absolute Gasteiger partial charge is 0.320 e. The predicted octanol–water partition coefficient (Wildman–Crippen LogP) is 6.38. The van der Waals surface area contributed by atoms with E-state index in [0.29, 0.717) is 6.42 Å². The molecule has 0 spiro atoms. The second kappa shape index (κ2) is 19.4. The Balaban J connectivity index is 3.47. The Bertz CT molecular complexity index is 374. The third-order valence-electron chi connectivity index (χ3n) is 4.98. The lowest BCUT2D eigenvalue weighted by atomic mass is 10.00. The number of unbranched alkanes of at least 4 members (excludes halogenated alkanes) is 12. The van der Waals surface area contributed by atoms with Gasteiger partial charge in [-0.1, -0.05) is 83.3 Å². The lowest BCUT2D eigenvalue weighted by Gasteiger charge is -2.11. The van der Waals surface area contributed by atoms with Crippen molar-refractivity contribution >= 4 is 11.9 Å². The van der Waals surface area contributed by atoms with Crippen molar-refractivity contribution in [2.45, 2.75) is 103 Å². The minimum Gasteiger partial charge on any atom is -0.468 e. The molecular formula is C23H42O4. The summed E-state index contributed by atoms with van der Waals surface area (Å²) in [5, 5.41) is 0. The predicted molar refractivity (Wildman–Crippen MR) is 112 cm³/mol. The van der Waals surface area contributed by atoms with Crippen LogP contribution in [-0.4, -0.2) is 26.2 Å². The molecule has 0 saturated carbocycles. The molecule has 0 bridgehead atoms.